The van der Waals surface area contributed by atoms with Gasteiger partial charge in [0.2, 0.25) is 5.91 Å². The minimum atomic E-state index is -0.0116. The van der Waals surface area contributed by atoms with Crippen molar-refractivity contribution in [2.45, 2.75) is 43.7 Å². The number of nitrogens with zero attached hydrogens (tertiary/aromatic N) is 2. The summed E-state index contributed by atoms with van der Waals surface area (Å²) in [5.74, 6) is 2.20. The summed E-state index contributed by atoms with van der Waals surface area (Å²) in [6, 6.07) is 9.95. The van der Waals surface area contributed by atoms with Crippen molar-refractivity contribution in [2.75, 3.05) is 12.9 Å². The average Bonchev–Trinajstić information content (AvgIpc) is 3.33. The van der Waals surface area contributed by atoms with Crippen LogP contribution in [0.5, 0.6) is 11.5 Å². The monoisotopic (exact) mass is 384 g/mol. The minimum absolute atomic E-state index is 0.0116. The quantitative estimate of drug-likeness (QED) is 0.748. The van der Waals surface area contributed by atoms with Gasteiger partial charge in [0.25, 0.3) is 0 Å². The number of pyridine rings is 1. The zero-order chi connectivity index (χ0) is 18.6. The highest BCUT2D eigenvalue weighted by molar-refractivity contribution is 8.00. The number of amides is 1. The normalized spacial score (nSPS) is 20.3. The molecule has 4 rings (SSSR count). The molecule has 2 fully saturated rings. The second-order valence-electron chi connectivity index (χ2n) is 6.98. The predicted octanol–water partition coefficient (Wildman–Crippen LogP) is 4.19. The molecular formula is C21H24N2O3S. The number of methoxy groups -OCH3 is 1. The summed E-state index contributed by atoms with van der Waals surface area (Å²) >= 11 is 1.66. The van der Waals surface area contributed by atoms with E-state index in [0.29, 0.717) is 12.3 Å². The van der Waals surface area contributed by atoms with E-state index < -0.39 is 0 Å². The Bertz CT molecular complexity index is 793. The predicted molar refractivity (Wildman–Crippen MR) is 106 cm³/mol. The van der Waals surface area contributed by atoms with Gasteiger partial charge < -0.3 is 14.4 Å². The number of carbonyl (C=O) groups excluding carboxylic acids is 1. The van der Waals surface area contributed by atoms with Crippen molar-refractivity contribution in [3.05, 3.63) is 53.9 Å². The van der Waals surface area contributed by atoms with Crippen LogP contribution in [0.3, 0.4) is 0 Å². The Labute approximate surface area is 164 Å². The van der Waals surface area contributed by atoms with Crippen LogP contribution in [0.25, 0.3) is 0 Å². The molecule has 2 aromatic rings. The summed E-state index contributed by atoms with van der Waals surface area (Å²) in [4.78, 5) is 18.5. The van der Waals surface area contributed by atoms with Crippen molar-refractivity contribution in [3.8, 4) is 11.5 Å². The Morgan fingerprint density at radius 2 is 1.93 bits per heavy atom. The van der Waals surface area contributed by atoms with Crippen molar-refractivity contribution in [3.63, 3.8) is 0 Å². The van der Waals surface area contributed by atoms with E-state index in [-0.39, 0.29) is 17.4 Å². The third-order valence-corrected chi connectivity index (χ3v) is 6.40. The third-order valence-electron chi connectivity index (χ3n) is 5.14. The van der Waals surface area contributed by atoms with Crippen LogP contribution in [0, 0.1) is 0 Å². The largest absolute Gasteiger partial charge is 0.493 e. The summed E-state index contributed by atoms with van der Waals surface area (Å²) in [5, 5.41) is -0.0116. The van der Waals surface area contributed by atoms with E-state index in [0.717, 1.165) is 35.5 Å². The van der Waals surface area contributed by atoms with Crippen LogP contribution in [-0.2, 0) is 11.3 Å². The molecule has 0 radical (unpaired) electrons. The highest BCUT2D eigenvalue weighted by Gasteiger charge is 2.33. The van der Waals surface area contributed by atoms with Crippen LogP contribution >= 0.6 is 11.8 Å². The van der Waals surface area contributed by atoms with Gasteiger partial charge in [-0.2, -0.15) is 0 Å². The zero-order valence-electron chi connectivity index (χ0n) is 15.5. The fourth-order valence-electron chi connectivity index (χ4n) is 3.71. The number of benzene rings is 1. The Morgan fingerprint density at radius 1 is 1.15 bits per heavy atom. The second-order valence-corrected chi connectivity index (χ2v) is 8.04. The van der Waals surface area contributed by atoms with Crippen molar-refractivity contribution in [2.24, 2.45) is 0 Å². The fraction of sp³-hybridized carbons (Fsp3) is 0.429. The van der Waals surface area contributed by atoms with E-state index in [4.69, 9.17) is 9.47 Å². The van der Waals surface area contributed by atoms with Crippen molar-refractivity contribution in [1.82, 2.24) is 9.88 Å². The topological polar surface area (TPSA) is 51.7 Å². The van der Waals surface area contributed by atoms with E-state index in [9.17, 15) is 4.79 Å². The first kappa shape index (κ1) is 18.2. The number of hydrogen-bond acceptors (Lipinski definition) is 5. The molecule has 6 heteroatoms. The van der Waals surface area contributed by atoms with Crippen molar-refractivity contribution < 1.29 is 14.3 Å². The van der Waals surface area contributed by atoms with Gasteiger partial charge in [-0.3, -0.25) is 9.78 Å². The van der Waals surface area contributed by atoms with Crippen LogP contribution in [0.1, 0.15) is 42.2 Å². The lowest BCUT2D eigenvalue weighted by Crippen LogP contribution is -2.27. The molecule has 27 heavy (non-hydrogen) atoms. The number of rotatable bonds is 6. The van der Waals surface area contributed by atoms with Crippen LogP contribution < -0.4 is 9.47 Å². The van der Waals surface area contributed by atoms with Gasteiger partial charge in [0.05, 0.1) is 19.0 Å². The van der Waals surface area contributed by atoms with Crippen LogP contribution in [0.4, 0.5) is 0 Å². The molecule has 0 N–H and O–H groups in total. The third kappa shape index (κ3) is 4.05. The van der Waals surface area contributed by atoms with E-state index in [2.05, 4.69) is 4.98 Å². The lowest BCUT2D eigenvalue weighted by Gasteiger charge is -2.25. The van der Waals surface area contributed by atoms with E-state index in [1.807, 2.05) is 35.2 Å². The molecule has 1 saturated heterocycles. The molecule has 1 amide bonds. The molecule has 0 bridgehead atoms. The van der Waals surface area contributed by atoms with Gasteiger partial charge in [0.1, 0.15) is 5.37 Å². The molecule has 2 heterocycles. The maximum atomic E-state index is 12.5. The minimum Gasteiger partial charge on any atom is -0.493 e. The average molecular weight is 385 g/mol. The fourth-order valence-corrected chi connectivity index (χ4v) is 4.89. The van der Waals surface area contributed by atoms with E-state index in [1.165, 1.54) is 12.8 Å². The highest BCUT2D eigenvalue weighted by Crippen LogP contribution is 2.42. The summed E-state index contributed by atoms with van der Waals surface area (Å²) in [5.41, 5.74) is 2.16. The van der Waals surface area contributed by atoms with Crippen molar-refractivity contribution in [1.29, 1.82) is 0 Å². The molecule has 142 valence electrons. The maximum absolute atomic E-state index is 12.5. The Morgan fingerprint density at radius 3 is 2.67 bits per heavy atom. The molecule has 1 saturated carbocycles. The lowest BCUT2D eigenvalue weighted by molar-refractivity contribution is -0.128. The lowest BCUT2D eigenvalue weighted by atomic mass is 10.1. The molecule has 1 aromatic heterocycles. The van der Waals surface area contributed by atoms with E-state index >= 15 is 0 Å². The van der Waals surface area contributed by atoms with Crippen LogP contribution in [-0.4, -0.2) is 34.8 Å². The smallest absolute Gasteiger partial charge is 0.234 e. The molecule has 5 nitrogen and oxygen atoms in total. The summed E-state index contributed by atoms with van der Waals surface area (Å²) < 4.78 is 11.7. The molecule has 1 aliphatic heterocycles. The van der Waals surface area contributed by atoms with E-state index in [1.54, 1.807) is 31.3 Å². The Kier molecular flexibility index (Phi) is 5.53. The Balaban J connectivity index is 1.57. The molecule has 1 unspecified atom stereocenters. The van der Waals surface area contributed by atoms with Crippen LogP contribution in [0.15, 0.2) is 42.7 Å². The number of hydrogen-bond donors (Lipinski definition) is 0. The zero-order valence-corrected chi connectivity index (χ0v) is 16.3. The van der Waals surface area contributed by atoms with Gasteiger partial charge in [-0.15, -0.1) is 11.8 Å². The Hall–Kier alpha value is -2.21. The molecule has 1 atom stereocenters. The summed E-state index contributed by atoms with van der Waals surface area (Å²) in [6.45, 7) is 0.587. The second kappa shape index (κ2) is 8.21. The van der Waals surface area contributed by atoms with Gasteiger partial charge in [-0.25, -0.2) is 0 Å². The highest BCUT2D eigenvalue weighted by atomic mass is 32.2. The molecule has 0 spiro atoms. The molecule has 1 aromatic carbocycles. The summed E-state index contributed by atoms with van der Waals surface area (Å²) in [6.07, 6.45) is 8.42. The SMILES string of the molecule is COc1ccc(C2SCC(=O)N2Cc2ccncc2)cc1OC1CCCC1. The molecule has 2 aliphatic rings. The number of carbonyl (C=O) groups is 1. The molecular weight excluding hydrogens is 360 g/mol. The van der Waals surface area contributed by atoms with Gasteiger partial charge in [-0.1, -0.05) is 6.07 Å². The maximum Gasteiger partial charge on any atom is 0.234 e. The first-order valence-electron chi connectivity index (χ1n) is 9.39. The van der Waals surface area contributed by atoms with Crippen molar-refractivity contribution >= 4 is 17.7 Å². The van der Waals surface area contributed by atoms with Gasteiger partial charge >= 0.3 is 0 Å². The number of aromatic nitrogens is 1. The first-order chi connectivity index (χ1) is 13.2. The first-order valence-corrected chi connectivity index (χ1v) is 10.4. The number of ether oxygens (including phenoxy) is 2. The number of thioether (sulfide) groups is 1. The summed E-state index contributed by atoms with van der Waals surface area (Å²) in [7, 11) is 1.67. The van der Waals surface area contributed by atoms with Gasteiger partial charge in [0, 0.05) is 18.9 Å². The molecule has 1 aliphatic carbocycles. The van der Waals surface area contributed by atoms with Crippen LogP contribution in [0.2, 0.25) is 0 Å². The van der Waals surface area contributed by atoms with Gasteiger partial charge in [-0.05, 0) is 61.1 Å². The standard InChI is InChI=1S/C21H24N2O3S/c1-25-18-7-6-16(12-19(18)26-17-4-2-3-5-17)21-23(20(24)14-27-21)13-15-8-10-22-11-9-15/h6-12,17,21H,2-5,13-14H2,1H3. The van der Waals surface area contributed by atoms with Gasteiger partial charge in [0.15, 0.2) is 11.5 Å².